The lowest BCUT2D eigenvalue weighted by Crippen LogP contribution is -2.21. The predicted molar refractivity (Wildman–Crippen MR) is 69.8 cm³/mol. The summed E-state index contributed by atoms with van der Waals surface area (Å²) in [5.41, 5.74) is 5.85. The number of nitrogens with zero attached hydrogens (tertiary/aromatic N) is 2. The van der Waals surface area contributed by atoms with Crippen molar-refractivity contribution in [1.29, 1.82) is 0 Å². The SMILES string of the molecule is CCC(N)Cc1nc(CSC2CCCC2)no1. The van der Waals surface area contributed by atoms with Crippen LogP contribution in [0, 0.1) is 0 Å². The van der Waals surface area contributed by atoms with Gasteiger partial charge in [-0.1, -0.05) is 24.9 Å². The lowest BCUT2D eigenvalue weighted by molar-refractivity contribution is 0.364. The fraction of sp³-hybridized carbons (Fsp3) is 0.833. The number of nitrogens with two attached hydrogens (primary N) is 1. The van der Waals surface area contributed by atoms with Gasteiger partial charge in [0, 0.05) is 17.7 Å². The van der Waals surface area contributed by atoms with Gasteiger partial charge in [-0.15, -0.1) is 0 Å². The summed E-state index contributed by atoms with van der Waals surface area (Å²) in [5, 5.41) is 4.80. The summed E-state index contributed by atoms with van der Waals surface area (Å²) >= 11 is 1.96. The largest absolute Gasteiger partial charge is 0.339 e. The van der Waals surface area contributed by atoms with Crippen molar-refractivity contribution in [3.05, 3.63) is 11.7 Å². The first-order valence-electron chi connectivity index (χ1n) is 6.46. The van der Waals surface area contributed by atoms with Gasteiger partial charge in [-0.05, 0) is 19.3 Å². The van der Waals surface area contributed by atoms with Gasteiger partial charge in [0.15, 0.2) is 5.82 Å². The first-order chi connectivity index (χ1) is 8.28. The van der Waals surface area contributed by atoms with Crippen LogP contribution in [-0.4, -0.2) is 21.4 Å². The molecular formula is C12H21N3OS. The van der Waals surface area contributed by atoms with Crippen LogP contribution in [0.2, 0.25) is 0 Å². The van der Waals surface area contributed by atoms with Crippen LogP contribution in [0.5, 0.6) is 0 Å². The Morgan fingerprint density at radius 3 is 2.94 bits per heavy atom. The molecule has 1 aliphatic rings. The zero-order valence-electron chi connectivity index (χ0n) is 10.4. The van der Waals surface area contributed by atoms with Gasteiger partial charge < -0.3 is 10.3 Å². The van der Waals surface area contributed by atoms with Crippen molar-refractivity contribution in [2.24, 2.45) is 5.73 Å². The Hall–Kier alpha value is -0.550. The molecule has 17 heavy (non-hydrogen) atoms. The van der Waals surface area contributed by atoms with Crippen LogP contribution in [-0.2, 0) is 12.2 Å². The standard InChI is InChI=1S/C12H21N3OS/c1-2-9(13)7-12-14-11(15-16-12)8-17-10-5-3-4-6-10/h9-10H,2-8,13H2,1H3. The summed E-state index contributed by atoms with van der Waals surface area (Å²) in [6.07, 6.45) is 7.07. The van der Waals surface area contributed by atoms with E-state index in [0.717, 1.165) is 23.2 Å². The summed E-state index contributed by atoms with van der Waals surface area (Å²) in [6.45, 7) is 2.07. The Balaban J connectivity index is 1.77. The maximum absolute atomic E-state index is 5.85. The van der Waals surface area contributed by atoms with Crippen molar-refractivity contribution in [1.82, 2.24) is 10.1 Å². The lowest BCUT2D eigenvalue weighted by atomic mass is 10.2. The molecule has 0 saturated heterocycles. The molecule has 1 aliphatic carbocycles. The molecule has 5 heteroatoms. The van der Waals surface area contributed by atoms with E-state index >= 15 is 0 Å². The van der Waals surface area contributed by atoms with Gasteiger partial charge in [0.25, 0.3) is 0 Å². The molecule has 1 heterocycles. The fourth-order valence-electron chi connectivity index (χ4n) is 2.05. The van der Waals surface area contributed by atoms with Crippen LogP contribution < -0.4 is 5.73 Å². The number of thioether (sulfide) groups is 1. The Morgan fingerprint density at radius 1 is 1.47 bits per heavy atom. The Labute approximate surface area is 107 Å². The fourth-order valence-corrected chi connectivity index (χ4v) is 3.22. The maximum Gasteiger partial charge on any atom is 0.228 e. The quantitative estimate of drug-likeness (QED) is 0.846. The monoisotopic (exact) mass is 255 g/mol. The molecule has 1 saturated carbocycles. The lowest BCUT2D eigenvalue weighted by Gasteiger charge is -2.05. The molecule has 0 radical (unpaired) electrons. The third kappa shape index (κ3) is 4.00. The summed E-state index contributed by atoms with van der Waals surface area (Å²) in [4.78, 5) is 4.38. The molecule has 0 bridgehead atoms. The van der Waals surface area contributed by atoms with Gasteiger partial charge in [0.05, 0.1) is 5.75 Å². The third-order valence-electron chi connectivity index (χ3n) is 3.22. The predicted octanol–water partition coefficient (Wildman–Crippen LogP) is 2.53. The molecule has 96 valence electrons. The van der Waals surface area contributed by atoms with Crippen LogP contribution >= 0.6 is 11.8 Å². The van der Waals surface area contributed by atoms with Crippen LogP contribution in [0.3, 0.4) is 0 Å². The van der Waals surface area contributed by atoms with Crippen molar-refractivity contribution in [3.8, 4) is 0 Å². The van der Waals surface area contributed by atoms with E-state index in [2.05, 4.69) is 17.1 Å². The molecule has 4 nitrogen and oxygen atoms in total. The van der Waals surface area contributed by atoms with Crippen molar-refractivity contribution >= 4 is 11.8 Å². The minimum absolute atomic E-state index is 0.130. The highest BCUT2D eigenvalue weighted by Crippen LogP contribution is 2.30. The van der Waals surface area contributed by atoms with Gasteiger partial charge in [-0.2, -0.15) is 16.7 Å². The van der Waals surface area contributed by atoms with Gasteiger partial charge in [0.1, 0.15) is 0 Å². The average Bonchev–Trinajstić information content (AvgIpc) is 2.97. The zero-order valence-corrected chi connectivity index (χ0v) is 11.2. The summed E-state index contributed by atoms with van der Waals surface area (Å²) in [6, 6.07) is 0.130. The molecule has 1 aromatic heterocycles. The number of rotatable bonds is 6. The van der Waals surface area contributed by atoms with Gasteiger partial charge >= 0.3 is 0 Å². The van der Waals surface area contributed by atoms with Crippen LogP contribution in [0.4, 0.5) is 0 Å². The molecular weight excluding hydrogens is 234 g/mol. The highest BCUT2D eigenvalue weighted by atomic mass is 32.2. The molecule has 1 fully saturated rings. The molecule has 0 aliphatic heterocycles. The number of hydrogen-bond acceptors (Lipinski definition) is 5. The van der Waals surface area contributed by atoms with Crippen LogP contribution in [0.1, 0.15) is 50.7 Å². The van der Waals surface area contributed by atoms with E-state index in [1.165, 1.54) is 25.7 Å². The van der Waals surface area contributed by atoms with Crippen molar-refractivity contribution in [2.45, 2.75) is 62.5 Å². The first-order valence-corrected chi connectivity index (χ1v) is 7.51. The average molecular weight is 255 g/mol. The van der Waals surface area contributed by atoms with Gasteiger partial charge in [-0.25, -0.2) is 0 Å². The minimum Gasteiger partial charge on any atom is -0.339 e. The molecule has 1 aromatic rings. The van der Waals surface area contributed by atoms with Crippen molar-refractivity contribution in [2.75, 3.05) is 0 Å². The van der Waals surface area contributed by atoms with E-state index in [1.807, 2.05) is 11.8 Å². The van der Waals surface area contributed by atoms with Crippen molar-refractivity contribution in [3.63, 3.8) is 0 Å². The van der Waals surface area contributed by atoms with Crippen molar-refractivity contribution < 1.29 is 4.52 Å². The second-order valence-corrected chi connectivity index (χ2v) is 5.98. The van der Waals surface area contributed by atoms with E-state index in [9.17, 15) is 0 Å². The first kappa shape index (κ1) is 12.9. The topological polar surface area (TPSA) is 64.9 Å². The highest BCUT2D eigenvalue weighted by Gasteiger charge is 2.17. The Morgan fingerprint density at radius 2 is 2.24 bits per heavy atom. The molecule has 0 amide bonds. The maximum atomic E-state index is 5.85. The van der Waals surface area contributed by atoms with E-state index < -0.39 is 0 Å². The van der Waals surface area contributed by atoms with E-state index in [1.54, 1.807) is 0 Å². The van der Waals surface area contributed by atoms with Gasteiger partial charge in [0.2, 0.25) is 5.89 Å². The Bertz CT molecular complexity index is 336. The normalized spacial score (nSPS) is 18.7. The molecule has 1 unspecified atom stereocenters. The van der Waals surface area contributed by atoms with E-state index in [4.69, 9.17) is 10.3 Å². The third-order valence-corrected chi connectivity index (χ3v) is 4.59. The summed E-state index contributed by atoms with van der Waals surface area (Å²) < 4.78 is 5.20. The molecule has 2 N–H and O–H groups in total. The van der Waals surface area contributed by atoms with E-state index in [-0.39, 0.29) is 6.04 Å². The summed E-state index contributed by atoms with van der Waals surface area (Å²) in [5.74, 6) is 2.37. The van der Waals surface area contributed by atoms with E-state index in [0.29, 0.717) is 12.3 Å². The van der Waals surface area contributed by atoms with Gasteiger partial charge in [-0.3, -0.25) is 0 Å². The highest BCUT2D eigenvalue weighted by molar-refractivity contribution is 7.99. The molecule has 0 aromatic carbocycles. The number of hydrogen-bond donors (Lipinski definition) is 1. The summed E-state index contributed by atoms with van der Waals surface area (Å²) in [7, 11) is 0. The Kier molecular flexibility index (Phi) is 4.86. The second-order valence-electron chi connectivity index (χ2n) is 4.69. The van der Waals surface area contributed by atoms with Crippen LogP contribution in [0.25, 0.3) is 0 Å². The van der Waals surface area contributed by atoms with Crippen LogP contribution in [0.15, 0.2) is 4.52 Å². The molecule has 1 atom stereocenters. The second kappa shape index (κ2) is 6.40. The molecule has 0 spiro atoms. The number of aromatic nitrogens is 2. The minimum atomic E-state index is 0.130. The zero-order chi connectivity index (χ0) is 12.1. The smallest absolute Gasteiger partial charge is 0.228 e. The molecule has 2 rings (SSSR count).